The van der Waals surface area contributed by atoms with E-state index in [0.29, 0.717) is 6.42 Å². The highest BCUT2D eigenvalue weighted by Gasteiger charge is 2.14. The van der Waals surface area contributed by atoms with Gasteiger partial charge in [0.05, 0.1) is 6.04 Å². The first-order valence-electron chi connectivity index (χ1n) is 8.99. The number of nitrogens with one attached hydrogen (secondary N) is 1. The van der Waals surface area contributed by atoms with Gasteiger partial charge in [0.1, 0.15) is 0 Å². The van der Waals surface area contributed by atoms with Gasteiger partial charge in [0.25, 0.3) is 0 Å². The predicted octanol–water partition coefficient (Wildman–Crippen LogP) is 5.22. The molecule has 28 heavy (non-hydrogen) atoms. The summed E-state index contributed by atoms with van der Waals surface area (Å²) in [6, 6.07) is 25.6. The lowest BCUT2D eigenvalue weighted by Gasteiger charge is -2.14. The van der Waals surface area contributed by atoms with Crippen LogP contribution >= 0.6 is 24.2 Å². The third-order valence-corrected chi connectivity index (χ3v) is 5.56. The molecule has 0 saturated carbocycles. The zero-order valence-corrected chi connectivity index (χ0v) is 17.4. The molecule has 0 aliphatic heterocycles. The summed E-state index contributed by atoms with van der Waals surface area (Å²) < 4.78 is 0. The Balaban J connectivity index is 0.00000280. The Hall–Kier alpha value is -2.27. The van der Waals surface area contributed by atoms with E-state index < -0.39 is 6.04 Å². The SMILES string of the molecule is Cc1cc(NC(=O)[C@@H](N)Cc2ccccc2)ccc1SCc1ccccc1.Cl. The summed E-state index contributed by atoms with van der Waals surface area (Å²) in [6.07, 6.45) is 0.524. The van der Waals surface area contributed by atoms with Gasteiger partial charge in [-0.3, -0.25) is 4.79 Å². The highest BCUT2D eigenvalue weighted by atomic mass is 35.5. The van der Waals surface area contributed by atoms with Crippen LogP contribution in [0.4, 0.5) is 5.69 Å². The first kappa shape index (κ1) is 22.0. The van der Waals surface area contributed by atoms with E-state index in [1.165, 1.54) is 10.5 Å². The van der Waals surface area contributed by atoms with E-state index >= 15 is 0 Å². The second kappa shape index (κ2) is 10.9. The summed E-state index contributed by atoms with van der Waals surface area (Å²) in [5, 5.41) is 2.93. The van der Waals surface area contributed by atoms with Crippen LogP contribution in [-0.2, 0) is 17.0 Å². The van der Waals surface area contributed by atoms with Gasteiger partial charge in [-0.2, -0.15) is 0 Å². The second-order valence-electron chi connectivity index (χ2n) is 6.54. The van der Waals surface area contributed by atoms with Crippen LogP contribution < -0.4 is 11.1 Å². The van der Waals surface area contributed by atoms with E-state index in [1.807, 2.05) is 48.5 Å². The third-order valence-electron chi connectivity index (χ3n) is 4.31. The standard InChI is InChI=1S/C23H24N2OS.ClH/c1-17-14-20(12-13-22(17)27-16-19-10-6-3-7-11-19)25-23(26)21(24)15-18-8-4-2-5-9-18;/h2-14,21H,15-16,24H2,1H3,(H,25,26);1H/t21-;/m0./s1. The summed E-state index contributed by atoms with van der Waals surface area (Å²) in [6.45, 7) is 2.06. The van der Waals surface area contributed by atoms with E-state index in [0.717, 1.165) is 22.6 Å². The van der Waals surface area contributed by atoms with Crippen molar-refractivity contribution >= 4 is 35.8 Å². The monoisotopic (exact) mass is 412 g/mol. The lowest BCUT2D eigenvalue weighted by molar-refractivity contribution is -0.117. The summed E-state index contributed by atoms with van der Waals surface area (Å²) in [4.78, 5) is 13.6. The second-order valence-corrected chi connectivity index (χ2v) is 7.56. The quantitative estimate of drug-likeness (QED) is 0.523. The fourth-order valence-corrected chi connectivity index (χ4v) is 3.79. The van der Waals surface area contributed by atoms with Crippen molar-refractivity contribution in [2.75, 3.05) is 5.32 Å². The molecule has 0 fully saturated rings. The Kier molecular flexibility index (Phi) is 8.58. The molecule has 0 aromatic heterocycles. The first-order chi connectivity index (χ1) is 13.1. The smallest absolute Gasteiger partial charge is 0.241 e. The number of rotatable bonds is 7. The molecular weight excluding hydrogens is 388 g/mol. The highest BCUT2D eigenvalue weighted by molar-refractivity contribution is 7.98. The largest absolute Gasteiger partial charge is 0.325 e. The minimum atomic E-state index is -0.570. The van der Waals surface area contributed by atoms with Crippen molar-refractivity contribution in [3.05, 3.63) is 95.6 Å². The van der Waals surface area contributed by atoms with E-state index in [2.05, 4.69) is 42.6 Å². The first-order valence-corrected chi connectivity index (χ1v) is 9.98. The number of benzene rings is 3. The molecule has 5 heteroatoms. The van der Waals surface area contributed by atoms with E-state index in [4.69, 9.17) is 5.73 Å². The van der Waals surface area contributed by atoms with Gasteiger partial charge in [0.15, 0.2) is 0 Å². The molecule has 0 radical (unpaired) electrons. The van der Waals surface area contributed by atoms with Crippen molar-refractivity contribution in [3.8, 4) is 0 Å². The Labute approximate surface area is 177 Å². The number of anilines is 1. The molecule has 0 saturated heterocycles. The van der Waals surface area contributed by atoms with E-state index in [1.54, 1.807) is 11.8 Å². The number of nitrogens with two attached hydrogens (primary N) is 1. The zero-order valence-electron chi connectivity index (χ0n) is 15.8. The maximum Gasteiger partial charge on any atom is 0.241 e. The topological polar surface area (TPSA) is 55.1 Å². The van der Waals surface area contributed by atoms with Gasteiger partial charge in [0, 0.05) is 16.3 Å². The van der Waals surface area contributed by atoms with Crippen LogP contribution in [-0.4, -0.2) is 11.9 Å². The number of carbonyl (C=O) groups excluding carboxylic acids is 1. The molecule has 1 amide bonds. The van der Waals surface area contributed by atoms with E-state index in [9.17, 15) is 4.79 Å². The Morgan fingerprint density at radius 1 is 0.964 bits per heavy atom. The molecular formula is C23H25ClN2OS. The molecule has 146 valence electrons. The van der Waals surface area contributed by atoms with Gasteiger partial charge in [-0.05, 0) is 48.2 Å². The number of hydrogen-bond acceptors (Lipinski definition) is 3. The van der Waals surface area contributed by atoms with Gasteiger partial charge in [-0.25, -0.2) is 0 Å². The molecule has 0 bridgehead atoms. The number of aryl methyl sites for hydroxylation is 1. The molecule has 0 unspecified atom stereocenters. The Morgan fingerprint density at radius 2 is 1.57 bits per heavy atom. The van der Waals surface area contributed by atoms with Crippen molar-refractivity contribution < 1.29 is 4.79 Å². The van der Waals surface area contributed by atoms with Crippen molar-refractivity contribution in [1.82, 2.24) is 0 Å². The van der Waals surface area contributed by atoms with Crippen LogP contribution in [0.25, 0.3) is 0 Å². The van der Waals surface area contributed by atoms with Crippen LogP contribution in [0.2, 0.25) is 0 Å². The molecule has 0 heterocycles. The van der Waals surface area contributed by atoms with E-state index in [-0.39, 0.29) is 18.3 Å². The predicted molar refractivity (Wildman–Crippen MR) is 121 cm³/mol. The van der Waals surface area contributed by atoms with Crippen LogP contribution in [0.3, 0.4) is 0 Å². The van der Waals surface area contributed by atoms with Crippen LogP contribution in [0.1, 0.15) is 16.7 Å². The number of thioether (sulfide) groups is 1. The van der Waals surface area contributed by atoms with Crippen LogP contribution in [0, 0.1) is 6.92 Å². The lowest BCUT2D eigenvalue weighted by atomic mass is 10.1. The van der Waals surface area contributed by atoms with Crippen LogP contribution in [0.15, 0.2) is 83.8 Å². The Morgan fingerprint density at radius 3 is 2.18 bits per heavy atom. The average molecular weight is 413 g/mol. The van der Waals surface area contributed by atoms with Crippen molar-refractivity contribution in [3.63, 3.8) is 0 Å². The summed E-state index contributed by atoms with van der Waals surface area (Å²) in [5.74, 6) is 0.762. The minimum Gasteiger partial charge on any atom is -0.325 e. The number of carbonyl (C=O) groups is 1. The molecule has 3 rings (SSSR count). The highest BCUT2D eigenvalue weighted by Crippen LogP contribution is 2.28. The lowest BCUT2D eigenvalue weighted by Crippen LogP contribution is -2.37. The molecule has 0 aliphatic carbocycles. The molecule has 3 aromatic rings. The fraction of sp³-hybridized carbons (Fsp3) is 0.174. The normalized spacial score (nSPS) is 11.4. The maximum absolute atomic E-state index is 12.4. The fourth-order valence-electron chi connectivity index (χ4n) is 2.82. The number of hydrogen-bond donors (Lipinski definition) is 2. The van der Waals surface area contributed by atoms with Crippen molar-refractivity contribution in [1.29, 1.82) is 0 Å². The van der Waals surface area contributed by atoms with Crippen molar-refractivity contribution in [2.45, 2.75) is 30.0 Å². The zero-order chi connectivity index (χ0) is 19.1. The van der Waals surface area contributed by atoms with Gasteiger partial charge >= 0.3 is 0 Å². The van der Waals surface area contributed by atoms with Crippen LogP contribution in [0.5, 0.6) is 0 Å². The van der Waals surface area contributed by atoms with Crippen molar-refractivity contribution in [2.24, 2.45) is 5.73 Å². The third kappa shape index (κ3) is 6.41. The molecule has 3 N–H and O–H groups in total. The van der Waals surface area contributed by atoms with Gasteiger partial charge in [-0.1, -0.05) is 60.7 Å². The summed E-state index contributed by atoms with van der Waals surface area (Å²) in [5.41, 5.74) is 10.3. The molecule has 0 aliphatic rings. The molecule has 1 atom stereocenters. The molecule has 3 nitrogen and oxygen atoms in total. The van der Waals surface area contributed by atoms with Gasteiger partial charge in [-0.15, -0.1) is 24.2 Å². The number of halogens is 1. The summed E-state index contributed by atoms with van der Waals surface area (Å²) >= 11 is 1.80. The Bertz CT molecular complexity index is 888. The number of amides is 1. The summed E-state index contributed by atoms with van der Waals surface area (Å²) in [7, 11) is 0. The minimum absolute atomic E-state index is 0. The van der Waals surface area contributed by atoms with Gasteiger partial charge in [0.2, 0.25) is 5.91 Å². The average Bonchev–Trinajstić information content (AvgIpc) is 2.69. The molecule has 3 aromatic carbocycles. The maximum atomic E-state index is 12.4. The molecule has 0 spiro atoms. The van der Waals surface area contributed by atoms with Gasteiger partial charge < -0.3 is 11.1 Å².